The van der Waals surface area contributed by atoms with Gasteiger partial charge in [0.05, 0.1) is 12.6 Å². The van der Waals surface area contributed by atoms with Gasteiger partial charge in [-0.2, -0.15) is 0 Å². The number of fused-ring (bicyclic) bond motifs is 1. The molecule has 0 bridgehead atoms. The highest BCUT2D eigenvalue weighted by Crippen LogP contribution is 2.38. The van der Waals surface area contributed by atoms with Gasteiger partial charge in [-0.05, 0) is 61.7 Å². The zero-order valence-corrected chi connectivity index (χ0v) is 14.9. The van der Waals surface area contributed by atoms with Gasteiger partial charge in [0.15, 0.2) is 11.5 Å². The molecular weight excluding hydrogens is 330 g/mol. The minimum atomic E-state index is 0.0606. The van der Waals surface area contributed by atoms with Crippen LogP contribution in [0.25, 0.3) is 0 Å². The number of ether oxygens (including phenoxy) is 3. The van der Waals surface area contributed by atoms with Crippen molar-refractivity contribution in [2.75, 3.05) is 26.4 Å². The summed E-state index contributed by atoms with van der Waals surface area (Å²) < 4.78 is 16.8. The maximum atomic E-state index is 13.0. The summed E-state index contributed by atoms with van der Waals surface area (Å²) in [6.45, 7) is 4.48. The van der Waals surface area contributed by atoms with Crippen LogP contribution < -0.4 is 14.2 Å². The molecule has 2 aromatic carbocycles. The Bertz CT molecular complexity index is 787. The second-order valence-electron chi connectivity index (χ2n) is 6.52. The molecule has 5 heteroatoms. The molecule has 2 aliphatic heterocycles. The maximum absolute atomic E-state index is 13.0. The van der Waals surface area contributed by atoms with E-state index in [0.29, 0.717) is 25.4 Å². The van der Waals surface area contributed by atoms with Gasteiger partial charge in [-0.1, -0.05) is 6.07 Å². The van der Waals surface area contributed by atoms with Crippen molar-refractivity contribution in [2.45, 2.75) is 25.8 Å². The molecule has 136 valence electrons. The van der Waals surface area contributed by atoms with Crippen molar-refractivity contribution in [3.8, 4) is 17.2 Å². The summed E-state index contributed by atoms with van der Waals surface area (Å²) in [6, 6.07) is 13.5. The van der Waals surface area contributed by atoms with Gasteiger partial charge in [-0.25, -0.2) is 0 Å². The zero-order valence-electron chi connectivity index (χ0n) is 14.9. The van der Waals surface area contributed by atoms with E-state index in [4.69, 9.17) is 14.2 Å². The highest BCUT2D eigenvalue weighted by atomic mass is 16.6. The third-order valence-electron chi connectivity index (χ3n) is 4.88. The number of hydrogen-bond donors (Lipinski definition) is 0. The van der Waals surface area contributed by atoms with Gasteiger partial charge >= 0.3 is 0 Å². The summed E-state index contributed by atoms with van der Waals surface area (Å²) in [6.07, 6.45) is 1.96. The molecule has 0 radical (unpaired) electrons. The van der Waals surface area contributed by atoms with Crippen molar-refractivity contribution in [2.24, 2.45) is 0 Å². The largest absolute Gasteiger partial charge is 0.494 e. The van der Waals surface area contributed by atoms with E-state index in [-0.39, 0.29) is 11.9 Å². The number of rotatable bonds is 4. The molecule has 0 N–H and O–H groups in total. The third-order valence-corrected chi connectivity index (χ3v) is 4.88. The Labute approximate surface area is 153 Å². The monoisotopic (exact) mass is 353 g/mol. The molecule has 1 fully saturated rings. The first kappa shape index (κ1) is 16.8. The van der Waals surface area contributed by atoms with E-state index in [1.165, 1.54) is 0 Å². The number of hydrogen-bond acceptors (Lipinski definition) is 4. The van der Waals surface area contributed by atoms with Crippen LogP contribution in [0.15, 0.2) is 42.5 Å². The molecule has 1 amide bonds. The molecule has 5 nitrogen and oxygen atoms in total. The van der Waals surface area contributed by atoms with Crippen LogP contribution in [0.3, 0.4) is 0 Å². The Morgan fingerprint density at radius 3 is 2.65 bits per heavy atom. The lowest BCUT2D eigenvalue weighted by atomic mass is 10.0. The lowest BCUT2D eigenvalue weighted by molar-refractivity contribution is 0.0735. The number of amides is 1. The number of carbonyl (C=O) groups excluding carboxylic acids is 1. The van der Waals surface area contributed by atoms with Gasteiger partial charge in [-0.3, -0.25) is 4.79 Å². The topological polar surface area (TPSA) is 48.0 Å². The van der Waals surface area contributed by atoms with Crippen LogP contribution in [0.1, 0.15) is 41.7 Å². The molecule has 0 saturated carbocycles. The predicted molar refractivity (Wildman–Crippen MR) is 98.1 cm³/mol. The standard InChI is InChI=1S/C21H23NO4/c1-2-24-17-8-5-15(6-9-17)21(23)22-11-3-4-18(22)16-7-10-19-20(14-16)26-13-12-25-19/h5-10,14,18H,2-4,11-13H2,1H3/t18-/m0/s1. The van der Waals surface area contributed by atoms with E-state index in [0.717, 1.165) is 42.2 Å². The van der Waals surface area contributed by atoms with Crippen LogP contribution in [0, 0.1) is 0 Å². The summed E-state index contributed by atoms with van der Waals surface area (Å²) in [5.41, 5.74) is 1.80. The van der Waals surface area contributed by atoms with E-state index < -0.39 is 0 Å². The third kappa shape index (κ3) is 3.21. The summed E-state index contributed by atoms with van der Waals surface area (Å²) in [5.74, 6) is 2.40. The SMILES string of the molecule is CCOc1ccc(C(=O)N2CCC[C@H]2c2ccc3c(c2)OCCO3)cc1. The molecule has 1 saturated heterocycles. The molecule has 0 spiro atoms. The first-order chi connectivity index (χ1) is 12.8. The van der Waals surface area contributed by atoms with Crippen LogP contribution in [0.5, 0.6) is 17.2 Å². The Morgan fingerprint density at radius 2 is 1.88 bits per heavy atom. The van der Waals surface area contributed by atoms with Crippen LogP contribution in [0.4, 0.5) is 0 Å². The second kappa shape index (κ2) is 7.28. The van der Waals surface area contributed by atoms with Gasteiger partial charge < -0.3 is 19.1 Å². The van der Waals surface area contributed by atoms with E-state index in [1.807, 2.05) is 54.3 Å². The molecule has 0 aliphatic carbocycles. The van der Waals surface area contributed by atoms with Crippen molar-refractivity contribution in [3.63, 3.8) is 0 Å². The first-order valence-electron chi connectivity index (χ1n) is 9.19. The summed E-state index contributed by atoms with van der Waals surface area (Å²) >= 11 is 0. The van der Waals surface area contributed by atoms with E-state index >= 15 is 0 Å². The summed E-state index contributed by atoms with van der Waals surface area (Å²) in [5, 5.41) is 0. The molecule has 2 heterocycles. The van der Waals surface area contributed by atoms with Crippen molar-refractivity contribution >= 4 is 5.91 Å². The fraction of sp³-hybridized carbons (Fsp3) is 0.381. The van der Waals surface area contributed by atoms with E-state index in [9.17, 15) is 4.79 Å². The number of likely N-dealkylation sites (tertiary alicyclic amines) is 1. The molecule has 4 rings (SSSR count). The Hall–Kier alpha value is -2.69. The van der Waals surface area contributed by atoms with Gasteiger partial charge in [-0.15, -0.1) is 0 Å². The number of benzene rings is 2. The Kier molecular flexibility index (Phi) is 4.69. The normalized spacial score (nSPS) is 18.7. The smallest absolute Gasteiger partial charge is 0.254 e. The molecular formula is C21H23NO4. The minimum Gasteiger partial charge on any atom is -0.494 e. The van der Waals surface area contributed by atoms with Gasteiger partial charge in [0.2, 0.25) is 0 Å². The van der Waals surface area contributed by atoms with E-state index in [1.54, 1.807) is 0 Å². The van der Waals surface area contributed by atoms with Gasteiger partial charge in [0.1, 0.15) is 19.0 Å². The fourth-order valence-electron chi connectivity index (χ4n) is 3.65. The predicted octanol–water partition coefficient (Wildman–Crippen LogP) is 3.83. The molecule has 0 unspecified atom stereocenters. The molecule has 2 aromatic rings. The van der Waals surface area contributed by atoms with Crippen molar-refractivity contribution in [3.05, 3.63) is 53.6 Å². The average Bonchev–Trinajstić information content (AvgIpc) is 3.18. The van der Waals surface area contributed by atoms with Gasteiger partial charge in [0, 0.05) is 12.1 Å². The van der Waals surface area contributed by atoms with Crippen LogP contribution >= 0.6 is 0 Å². The lowest BCUT2D eigenvalue weighted by Gasteiger charge is -2.27. The quantitative estimate of drug-likeness (QED) is 0.838. The summed E-state index contributed by atoms with van der Waals surface area (Å²) in [7, 11) is 0. The number of carbonyl (C=O) groups is 1. The highest BCUT2D eigenvalue weighted by Gasteiger charge is 2.31. The molecule has 2 aliphatic rings. The van der Waals surface area contributed by atoms with Crippen LogP contribution in [-0.4, -0.2) is 37.2 Å². The highest BCUT2D eigenvalue weighted by molar-refractivity contribution is 5.94. The molecule has 0 aromatic heterocycles. The second-order valence-corrected chi connectivity index (χ2v) is 6.52. The van der Waals surface area contributed by atoms with Crippen molar-refractivity contribution < 1.29 is 19.0 Å². The summed E-state index contributed by atoms with van der Waals surface area (Å²) in [4.78, 5) is 15.0. The fourth-order valence-corrected chi connectivity index (χ4v) is 3.65. The van der Waals surface area contributed by atoms with Crippen LogP contribution in [0.2, 0.25) is 0 Å². The number of nitrogens with zero attached hydrogens (tertiary/aromatic N) is 1. The lowest BCUT2D eigenvalue weighted by Crippen LogP contribution is -2.30. The zero-order chi connectivity index (χ0) is 17.9. The van der Waals surface area contributed by atoms with Crippen LogP contribution in [-0.2, 0) is 0 Å². The maximum Gasteiger partial charge on any atom is 0.254 e. The Morgan fingerprint density at radius 1 is 1.12 bits per heavy atom. The first-order valence-corrected chi connectivity index (χ1v) is 9.19. The average molecular weight is 353 g/mol. The van der Waals surface area contributed by atoms with Crippen molar-refractivity contribution in [1.29, 1.82) is 0 Å². The van der Waals surface area contributed by atoms with E-state index in [2.05, 4.69) is 0 Å². The Balaban J connectivity index is 1.55. The molecule has 1 atom stereocenters. The molecule has 26 heavy (non-hydrogen) atoms. The van der Waals surface area contributed by atoms with Crippen molar-refractivity contribution in [1.82, 2.24) is 4.90 Å². The van der Waals surface area contributed by atoms with Gasteiger partial charge in [0.25, 0.3) is 5.91 Å². The minimum absolute atomic E-state index is 0.0606.